The van der Waals surface area contributed by atoms with E-state index in [1.165, 1.54) is 22.9 Å². The highest BCUT2D eigenvalue weighted by Gasteiger charge is 2.11. The number of thioether (sulfide) groups is 1. The van der Waals surface area contributed by atoms with Crippen LogP contribution in [0.5, 0.6) is 5.75 Å². The molecule has 0 atom stereocenters. The minimum Gasteiger partial charge on any atom is -0.496 e. The van der Waals surface area contributed by atoms with E-state index in [-0.39, 0.29) is 5.91 Å². The van der Waals surface area contributed by atoms with Gasteiger partial charge in [-0.25, -0.2) is 4.98 Å². The lowest BCUT2D eigenvalue weighted by atomic mass is 10.1. The second-order valence-corrected chi connectivity index (χ2v) is 7.51. The Balaban J connectivity index is 1.54. The van der Waals surface area contributed by atoms with Gasteiger partial charge in [-0.15, -0.1) is 0 Å². The van der Waals surface area contributed by atoms with E-state index in [1.807, 2.05) is 35.0 Å². The van der Waals surface area contributed by atoms with E-state index in [2.05, 4.69) is 42.3 Å². The van der Waals surface area contributed by atoms with E-state index in [4.69, 9.17) is 4.74 Å². The Morgan fingerprint density at radius 2 is 2.04 bits per heavy atom. The number of hydrogen-bond acceptors (Lipinski definition) is 4. The highest BCUT2D eigenvalue weighted by Crippen LogP contribution is 2.23. The number of rotatable bonds is 8. The van der Waals surface area contributed by atoms with Crippen LogP contribution in [0.25, 0.3) is 5.69 Å². The van der Waals surface area contributed by atoms with Gasteiger partial charge in [0.2, 0.25) is 5.91 Å². The topological polar surface area (TPSA) is 56.1 Å². The van der Waals surface area contributed by atoms with Crippen molar-refractivity contribution in [3.8, 4) is 11.4 Å². The van der Waals surface area contributed by atoms with Crippen molar-refractivity contribution in [3.05, 3.63) is 71.5 Å². The van der Waals surface area contributed by atoms with Gasteiger partial charge in [0, 0.05) is 18.9 Å². The number of carbonyl (C=O) groups is 1. The lowest BCUT2D eigenvalue weighted by molar-refractivity contribution is -0.118. The quantitative estimate of drug-likeness (QED) is 0.587. The molecule has 28 heavy (non-hydrogen) atoms. The summed E-state index contributed by atoms with van der Waals surface area (Å²) in [5.41, 5.74) is 4.58. The van der Waals surface area contributed by atoms with Gasteiger partial charge in [0.25, 0.3) is 0 Å². The minimum absolute atomic E-state index is 0.00456. The van der Waals surface area contributed by atoms with Crippen LogP contribution in [0.4, 0.5) is 0 Å². The number of imidazole rings is 1. The molecule has 1 N–H and O–H groups in total. The summed E-state index contributed by atoms with van der Waals surface area (Å²) in [6, 6.07) is 14.2. The molecule has 0 unspecified atom stereocenters. The number of benzene rings is 2. The van der Waals surface area contributed by atoms with Crippen molar-refractivity contribution in [1.82, 2.24) is 14.9 Å². The molecule has 2 aromatic carbocycles. The number of methoxy groups -OCH3 is 1. The summed E-state index contributed by atoms with van der Waals surface area (Å²) in [6.07, 6.45) is 4.43. The Bertz CT molecular complexity index is 952. The number of hydrogen-bond donors (Lipinski definition) is 1. The number of para-hydroxylation sites is 1. The molecule has 1 amide bonds. The molecule has 0 bridgehead atoms. The number of aromatic nitrogens is 2. The molecule has 0 aliphatic carbocycles. The first-order valence-electron chi connectivity index (χ1n) is 9.21. The molecule has 0 radical (unpaired) electrons. The van der Waals surface area contributed by atoms with Gasteiger partial charge < -0.3 is 10.1 Å². The van der Waals surface area contributed by atoms with Gasteiger partial charge in [-0.05, 0) is 43.5 Å². The van der Waals surface area contributed by atoms with Gasteiger partial charge in [0.05, 0.1) is 18.6 Å². The van der Waals surface area contributed by atoms with Gasteiger partial charge in [0.1, 0.15) is 5.75 Å². The highest BCUT2D eigenvalue weighted by molar-refractivity contribution is 7.99. The summed E-state index contributed by atoms with van der Waals surface area (Å²) in [4.78, 5) is 16.7. The van der Waals surface area contributed by atoms with Crippen molar-refractivity contribution >= 4 is 17.7 Å². The molecule has 0 spiro atoms. The van der Waals surface area contributed by atoms with Crippen LogP contribution in [0.2, 0.25) is 0 Å². The second kappa shape index (κ2) is 9.46. The summed E-state index contributed by atoms with van der Waals surface area (Å²) < 4.78 is 7.37. The maximum absolute atomic E-state index is 12.2. The van der Waals surface area contributed by atoms with Crippen molar-refractivity contribution in [1.29, 1.82) is 0 Å². The number of carbonyl (C=O) groups excluding carboxylic acids is 1. The van der Waals surface area contributed by atoms with E-state index < -0.39 is 0 Å². The Kier molecular flexibility index (Phi) is 6.76. The van der Waals surface area contributed by atoms with Crippen LogP contribution in [0.1, 0.15) is 16.7 Å². The second-order valence-electron chi connectivity index (χ2n) is 6.57. The summed E-state index contributed by atoms with van der Waals surface area (Å²) in [7, 11) is 1.66. The van der Waals surface area contributed by atoms with Crippen LogP contribution >= 0.6 is 11.8 Å². The SMILES string of the molecule is COc1ccccc1CCNC(=O)CSc1nccn1-c1ccc(C)cc1C. The third-order valence-electron chi connectivity index (χ3n) is 4.46. The number of amides is 1. The predicted octanol–water partition coefficient (Wildman–Crippen LogP) is 3.95. The summed E-state index contributed by atoms with van der Waals surface area (Å²) in [5.74, 6) is 1.17. The number of nitrogens with one attached hydrogen (secondary N) is 1. The van der Waals surface area contributed by atoms with Crippen molar-refractivity contribution in [2.45, 2.75) is 25.4 Å². The van der Waals surface area contributed by atoms with Crippen LogP contribution in [0, 0.1) is 13.8 Å². The number of aryl methyl sites for hydroxylation is 2. The van der Waals surface area contributed by atoms with E-state index in [0.29, 0.717) is 12.3 Å². The van der Waals surface area contributed by atoms with Gasteiger partial charge in [-0.3, -0.25) is 9.36 Å². The molecule has 3 aromatic rings. The zero-order valence-electron chi connectivity index (χ0n) is 16.4. The van der Waals surface area contributed by atoms with Crippen molar-refractivity contribution < 1.29 is 9.53 Å². The summed E-state index contributed by atoms with van der Waals surface area (Å²) >= 11 is 1.44. The van der Waals surface area contributed by atoms with E-state index >= 15 is 0 Å². The minimum atomic E-state index is -0.00456. The normalized spacial score (nSPS) is 10.7. The van der Waals surface area contributed by atoms with Crippen molar-refractivity contribution in [3.63, 3.8) is 0 Å². The van der Waals surface area contributed by atoms with E-state index in [9.17, 15) is 4.79 Å². The number of nitrogens with zero attached hydrogens (tertiary/aromatic N) is 2. The molecule has 3 rings (SSSR count). The fraction of sp³-hybridized carbons (Fsp3) is 0.273. The molecule has 0 fully saturated rings. The Morgan fingerprint density at radius 1 is 1.21 bits per heavy atom. The van der Waals surface area contributed by atoms with Gasteiger partial charge >= 0.3 is 0 Å². The molecule has 0 aliphatic rings. The zero-order chi connectivity index (χ0) is 19.9. The largest absolute Gasteiger partial charge is 0.496 e. The highest BCUT2D eigenvalue weighted by atomic mass is 32.2. The van der Waals surface area contributed by atoms with Gasteiger partial charge in [-0.1, -0.05) is 47.7 Å². The predicted molar refractivity (Wildman–Crippen MR) is 113 cm³/mol. The van der Waals surface area contributed by atoms with E-state index in [0.717, 1.165) is 28.6 Å². The Morgan fingerprint density at radius 3 is 2.82 bits per heavy atom. The van der Waals surface area contributed by atoms with Crippen LogP contribution in [-0.4, -0.2) is 34.9 Å². The standard InChI is InChI=1S/C22H25N3O2S/c1-16-8-9-19(17(2)14-16)25-13-12-24-22(25)28-15-21(26)23-11-10-18-6-4-5-7-20(18)27-3/h4-9,12-14H,10-11,15H2,1-3H3,(H,23,26). The lowest BCUT2D eigenvalue weighted by Crippen LogP contribution is -2.27. The smallest absolute Gasteiger partial charge is 0.230 e. The molecule has 5 nitrogen and oxygen atoms in total. The zero-order valence-corrected chi connectivity index (χ0v) is 17.3. The maximum Gasteiger partial charge on any atom is 0.230 e. The molecular formula is C22H25N3O2S. The Hall–Kier alpha value is -2.73. The van der Waals surface area contributed by atoms with Crippen LogP contribution in [0.15, 0.2) is 60.0 Å². The first kappa shape index (κ1) is 20.0. The third kappa shape index (κ3) is 4.95. The molecule has 1 heterocycles. The van der Waals surface area contributed by atoms with Crippen molar-refractivity contribution in [2.75, 3.05) is 19.4 Å². The fourth-order valence-electron chi connectivity index (χ4n) is 3.08. The molecule has 0 saturated heterocycles. The van der Waals surface area contributed by atoms with Crippen molar-refractivity contribution in [2.24, 2.45) is 0 Å². The average molecular weight is 396 g/mol. The van der Waals surface area contributed by atoms with Crippen LogP contribution in [0.3, 0.4) is 0 Å². The first-order chi connectivity index (χ1) is 13.6. The Labute approximate surface area is 170 Å². The third-order valence-corrected chi connectivity index (χ3v) is 5.43. The molecule has 0 aliphatic heterocycles. The van der Waals surface area contributed by atoms with Crippen LogP contribution < -0.4 is 10.1 Å². The molecule has 6 heteroatoms. The molecule has 1 aromatic heterocycles. The lowest BCUT2D eigenvalue weighted by Gasteiger charge is -2.11. The van der Waals surface area contributed by atoms with Gasteiger partial charge in [-0.2, -0.15) is 0 Å². The molecule has 146 valence electrons. The van der Waals surface area contributed by atoms with E-state index in [1.54, 1.807) is 13.3 Å². The molecule has 0 saturated carbocycles. The molecular weight excluding hydrogens is 370 g/mol. The van der Waals surface area contributed by atoms with Gasteiger partial charge in [0.15, 0.2) is 5.16 Å². The first-order valence-corrected chi connectivity index (χ1v) is 10.2. The monoisotopic (exact) mass is 395 g/mol. The maximum atomic E-state index is 12.2. The summed E-state index contributed by atoms with van der Waals surface area (Å²) in [6.45, 7) is 4.74. The number of ether oxygens (including phenoxy) is 1. The fourth-order valence-corrected chi connectivity index (χ4v) is 3.88. The summed E-state index contributed by atoms with van der Waals surface area (Å²) in [5, 5.41) is 3.78. The average Bonchev–Trinajstić information content (AvgIpc) is 3.15. The van der Waals surface area contributed by atoms with Crippen LogP contribution in [-0.2, 0) is 11.2 Å².